The van der Waals surface area contributed by atoms with Gasteiger partial charge in [-0.3, -0.25) is 0 Å². The molecule has 1 aliphatic carbocycles. The third kappa shape index (κ3) is 2.08. The molecule has 2 rings (SSSR count). The molecule has 4 unspecified atom stereocenters. The minimum atomic E-state index is -0.538. The first-order chi connectivity index (χ1) is 6.25. The van der Waals surface area contributed by atoms with Gasteiger partial charge in [0.1, 0.15) is 6.79 Å². The Morgan fingerprint density at radius 2 is 1.38 bits per heavy atom. The quantitative estimate of drug-likeness (QED) is 0.514. The molecule has 0 aromatic carbocycles. The van der Waals surface area contributed by atoms with Gasteiger partial charge in [-0.05, 0) is 0 Å². The molecule has 0 aromatic rings. The van der Waals surface area contributed by atoms with Crippen LogP contribution < -0.4 is 0 Å². The standard InChI is InChI=1S/C9H14O4/c10-6-1-2-7(11)4-9-8(3-6)12-5-13-9/h1-2,6-11H,3-5H2. The summed E-state index contributed by atoms with van der Waals surface area (Å²) in [6, 6.07) is 0. The first-order valence-corrected chi connectivity index (χ1v) is 4.53. The van der Waals surface area contributed by atoms with E-state index in [0.717, 1.165) is 0 Å². The molecule has 0 radical (unpaired) electrons. The lowest BCUT2D eigenvalue weighted by Crippen LogP contribution is -2.31. The van der Waals surface area contributed by atoms with Crippen molar-refractivity contribution in [3.05, 3.63) is 12.2 Å². The lowest BCUT2D eigenvalue weighted by atomic mass is 9.97. The van der Waals surface area contributed by atoms with Crippen LogP contribution in [-0.2, 0) is 9.47 Å². The Bertz CT molecular complexity index is 184. The van der Waals surface area contributed by atoms with Gasteiger partial charge < -0.3 is 19.7 Å². The van der Waals surface area contributed by atoms with Crippen LogP contribution in [0.2, 0.25) is 0 Å². The van der Waals surface area contributed by atoms with Crippen LogP contribution in [0.15, 0.2) is 12.2 Å². The molecular weight excluding hydrogens is 172 g/mol. The molecule has 0 amide bonds. The van der Waals surface area contributed by atoms with Crippen LogP contribution in [0.1, 0.15) is 12.8 Å². The average Bonchev–Trinajstić information content (AvgIpc) is 2.47. The molecule has 4 nitrogen and oxygen atoms in total. The highest BCUT2D eigenvalue weighted by Crippen LogP contribution is 2.24. The molecular formula is C9H14O4. The van der Waals surface area contributed by atoms with Crippen molar-refractivity contribution >= 4 is 0 Å². The van der Waals surface area contributed by atoms with Crippen molar-refractivity contribution in [1.29, 1.82) is 0 Å². The van der Waals surface area contributed by atoms with E-state index >= 15 is 0 Å². The van der Waals surface area contributed by atoms with E-state index in [1.807, 2.05) is 0 Å². The maximum atomic E-state index is 9.45. The Labute approximate surface area is 76.8 Å². The summed E-state index contributed by atoms with van der Waals surface area (Å²) in [5, 5.41) is 18.9. The van der Waals surface area contributed by atoms with Gasteiger partial charge in [-0.2, -0.15) is 0 Å². The predicted molar refractivity (Wildman–Crippen MR) is 45.0 cm³/mol. The van der Waals surface area contributed by atoms with Gasteiger partial charge in [0.15, 0.2) is 0 Å². The van der Waals surface area contributed by atoms with Crippen molar-refractivity contribution in [2.45, 2.75) is 37.3 Å². The highest BCUT2D eigenvalue weighted by atomic mass is 16.7. The van der Waals surface area contributed by atoms with Crippen molar-refractivity contribution in [1.82, 2.24) is 0 Å². The highest BCUT2D eigenvalue weighted by Gasteiger charge is 2.32. The second-order valence-electron chi connectivity index (χ2n) is 3.52. The Morgan fingerprint density at radius 3 is 1.85 bits per heavy atom. The molecule has 1 fully saturated rings. The van der Waals surface area contributed by atoms with Gasteiger partial charge in [0.2, 0.25) is 0 Å². The lowest BCUT2D eigenvalue weighted by Gasteiger charge is -2.22. The van der Waals surface area contributed by atoms with Crippen LogP contribution in [-0.4, -0.2) is 41.4 Å². The summed E-state index contributed by atoms with van der Waals surface area (Å²) < 4.78 is 10.6. The van der Waals surface area contributed by atoms with Crippen molar-refractivity contribution in [3.63, 3.8) is 0 Å². The summed E-state index contributed by atoms with van der Waals surface area (Å²) >= 11 is 0. The van der Waals surface area contributed by atoms with E-state index in [9.17, 15) is 10.2 Å². The third-order valence-corrected chi connectivity index (χ3v) is 2.48. The average molecular weight is 186 g/mol. The van der Waals surface area contributed by atoms with Crippen molar-refractivity contribution in [3.8, 4) is 0 Å². The number of aliphatic hydroxyl groups excluding tert-OH is 2. The molecule has 2 N–H and O–H groups in total. The minimum absolute atomic E-state index is 0.0744. The SMILES string of the molecule is OC1C=CC(O)CC2OCOC2C1. The highest BCUT2D eigenvalue weighted by molar-refractivity contribution is 4.99. The smallest absolute Gasteiger partial charge is 0.147 e. The van der Waals surface area contributed by atoms with Gasteiger partial charge in [-0.1, -0.05) is 12.2 Å². The van der Waals surface area contributed by atoms with Crippen molar-refractivity contribution in [2.24, 2.45) is 0 Å². The van der Waals surface area contributed by atoms with Crippen LogP contribution in [0.3, 0.4) is 0 Å². The summed E-state index contributed by atoms with van der Waals surface area (Å²) in [7, 11) is 0. The minimum Gasteiger partial charge on any atom is -0.389 e. The molecule has 0 bridgehead atoms. The molecule has 1 saturated heterocycles. The third-order valence-electron chi connectivity index (χ3n) is 2.48. The molecule has 0 aromatic heterocycles. The van der Waals surface area contributed by atoms with E-state index in [4.69, 9.17) is 9.47 Å². The first kappa shape index (κ1) is 9.15. The van der Waals surface area contributed by atoms with E-state index in [-0.39, 0.29) is 19.0 Å². The summed E-state index contributed by atoms with van der Waals surface area (Å²) in [5.41, 5.74) is 0. The van der Waals surface area contributed by atoms with E-state index in [1.165, 1.54) is 0 Å². The molecule has 4 heteroatoms. The normalized spacial score (nSPS) is 45.4. The number of hydrogen-bond acceptors (Lipinski definition) is 4. The number of hydrogen-bond donors (Lipinski definition) is 2. The predicted octanol–water partition coefficient (Wildman–Crippen LogP) is -0.200. The Morgan fingerprint density at radius 1 is 0.923 bits per heavy atom. The van der Waals surface area contributed by atoms with Crippen molar-refractivity contribution < 1.29 is 19.7 Å². The van der Waals surface area contributed by atoms with Crippen LogP contribution >= 0.6 is 0 Å². The van der Waals surface area contributed by atoms with Gasteiger partial charge in [0.25, 0.3) is 0 Å². The maximum absolute atomic E-state index is 9.45. The molecule has 0 spiro atoms. The Balaban J connectivity index is 2.07. The molecule has 1 aliphatic heterocycles. The fraction of sp³-hybridized carbons (Fsp3) is 0.778. The largest absolute Gasteiger partial charge is 0.389 e. The summed E-state index contributed by atoms with van der Waals surface area (Å²) in [4.78, 5) is 0. The van der Waals surface area contributed by atoms with Gasteiger partial charge in [-0.15, -0.1) is 0 Å². The van der Waals surface area contributed by atoms with Gasteiger partial charge in [-0.25, -0.2) is 0 Å². The maximum Gasteiger partial charge on any atom is 0.147 e. The molecule has 74 valence electrons. The monoisotopic (exact) mass is 186 g/mol. The van der Waals surface area contributed by atoms with Crippen LogP contribution in [0.4, 0.5) is 0 Å². The second kappa shape index (κ2) is 3.75. The topological polar surface area (TPSA) is 58.9 Å². The number of rotatable bonds is 0. The van der Waals surface area contributed by atoms with Gasteiger partial charge in [0.05, 0.1) is 24.4 Å². The molecule has 13 heavy (non-hydrogen) atoms. The fourth-order valence-electron chi connectivity index (χ4n) is 1.76. The summed E-state index contributed by atoms with van der Waals surface area (Å²) in [5.74, 6) is 0. The number of fused-ring (bicyclic) bond motifs is 1. The number of ether oxygens (including phenoxy) is 2. The lowest BCUT2D eigenvalue weighted by molar-refractivity contribution is 0.0290. The second-order valence-corrected chi connectivity index (χ2v) is 3.52. The Kier molecular flexibility index (Phi) is 2.64. The summed E-state index contributed by atoms with van der Waals surface area (Å²) in [6.45, 7) is 0.273. The van der Waals surface area contributed by atoms with Crippen LogP contribution in [0.5, 0.6) is 0 Å². The van der Waals surface area contributed by atoms with E-state index in [1.54, 1.807) is 12.2 Å². The molecule has 0 saturated carbocycles. The summed E-state index contributed by atoms with van der Waals surface area (Å²) in [6.07, 6.45) is 3.10. The molecule has 4 atom stereocenters. The van der Waals surface area contributed by atoms with E-state index in [0.29, 0.717) is 12.8 Å². The molecule has 1 heterocycles. The van der Waals surface area contributed by atoms with E-state index in [2.05, 4.69) is 0 Å². The zero-order valence-electron chi connectivity index (χ0n) is 7.30. The number of aliphatic hydroxyl groups is 2. The van der Waals surface area contributed by atoms with Gasteiger partial charge >= 0.3 is 0 Å². The van der Waals surface area contributed by atoms with Crippen molar-refractivity contribution in [2.75, 3.05) is 6.79 Å². The fourth-order valence-corrected chi connectivity index (χ4v) is 1.76. The zero-order valence-corrected chi connectivity index (χ0v) is 7.30. The van der Waals surface area contributed by atoms with Crippen LogP contribution in [0.25, 0.3) is 0 Å². The first-order valence-electron chi connectivity index (χ1n) is 4.53. The van der Waals surface area contributed by atoms with E-state index < -0.39 is 12.2 Å². The molecule has 2 aliphatic rings. The van der Waals surface area contributed by atoms with Crippen LogP contribution in [0, 0.1) is 0 Å². The Hall–Kier alpha value is -0.420. The van der Waals surface area contributed by atoms with Gasteiger partial charge in [0, 0.05) is 12.8 Å². The zero-order chi connectivity index (χ0) is 9.26.